The standard InChI is InChI=1S/C16H18F2N4O3S2.C15H16F2N4OS.CH3ClO2S.ClH/c1-27(24,25)22-7-5-9(6-8-22)20-16-21-15(19)14(26-16)13(23)12-10(17)3-2-4-11(12)18;16-9-2-1-3-10(17)11(9)12(22)13-14(18)21-15(23-13)20-8-4-6-19-7-5-8;1-5(2,3)4;/h2-4,9H,5-8,19H2,1H3,(H,20,21);1-3,8,19H,4-7,18H2,(H,20,21);1H3;1H. The van der Waals surface area contributed by atoms with Crippen LogP contribution in [0.5, 0.6) is 0 Å². The predicted octanol–water partition coefficient (Wildman–Crippen LogP) is 5.08. The summed E-state index contributed by atoms with van der Waals surface area (Å²) in [7, 11) is -1.91. The van der Waals surface area contributed by atoms with E-state index >= 15 is 0 Å². The molecule has 0 amide bonds. The maximum atomic E-state index is 13.8. The molecule has 0 radical (unpaired) electrons. The van der Waals surface area contributed by atoms with E-state index in [4.69, 9.17) is 11.5 Å². The molecule has 0 aliphatic carbocycles. The largest absolute Gasteiger partial charge is 0.382 e. The minimum Gasteiger partial charge on any atom is -0.382 e. The van der Waals surface area contributed by atoms with E-state index < -0.39 is 65.0 Å². The van der Waals surface area contributed by atoms with E-state index in [0.717, 1.165) is 79.1 Å². The van der Waals surface area contributed by atoms with Crippen LogP contribution in [0.2, 0.25) is 0 Å². The van der Waals surface area contributed by atoms with Crippen LogP contribution in [-0.4, -0.2) is 93.4 Å². The second-order valence-corrected chi connectivity index (χ2v) is 19.3. The average Bonchev–Trinajstić information content (AvgIpc) is 3.64. The summed E-state index contributed by atoms with van der Waals surface area (Å²) in [4.78, 5) is 33.0. The smallest absolute Gasteiger partial charge is 0.229 e. The van der Waals surface area contributed by atoms with E-state index in [1.54, 1.807) is 0 Å². The SMILES string of the molecule is CS(=O)(=O)Cl.CS(=O)(=O)N1CCC(Nc2nc(N)c(C(=O)c3c(F)cccc3F)s2)CC1.Cl.Nc1nc(NC2CCNCC2)sc1C(=O)c1c(F)cccc1F. The first kappa shape index (κ1) is 46.7. The van der Waals surface area contributed by atoms with Gasteiger partial charge in [0.15, 0.2) is 10.3 Å². The first-order valence-corrected chi connectivity index (χ1v) is 22.5. The van der Waals surface area contributed by atoms with E-state index in [9.17, 15) is 44.0 Å². The molecule has 4 aromatic rings. The topological polar surface area (TPSA) is 220 Å². The molecule has 7 N–H and O–H groups in total. The molecule has 0 atom stereocenters. The first-order chi connectivity index (χ1) is 25.7. The number of halogens is 6. The minimum atomic E-state index is -3.22. The number of ketones is 2. The molecule has 56 heavy (non-hydrogen) atoms. The minimum absolute atomic E-state index is 0. The van der Waals surface area contributed by atoms with Gasteiger partial charge in [0, 0.05) is 35.9 Å². The van der Waals surface area contributed by atoms with Gasteiger partial charge in [-0.05, 0) is 63.0 Å². The van der Waals surface area contributed by atoms with Crippen LogP contribution in [0.4, 0.5) is 39.5 Å². The number of carbonyl (C=O) groups excluding carboxylic acids is 2. The molecule has 2 fully saturated rings. The van der Waals surface area contributed by atoms with Gasteiger partial charge in [0.05, 0.1) is 23.6 Å². The zero-order valence-corrected chi connectivity index (χ0v) is 34.5. The highest BCUT2D eigenvalue weighted by Crippen LogP contribution is 2.32. The molecular formula is C32H38Cl2F4N8O6S4. The summed E-state index contributed by atoms with van der Waals surface area (Å²) in [5, 5.41) is 10.4. The molecule has 24 heteroatoms. The van der Waals surface area contributed by atoms with Gasteiger partial charge in [0.1, 0.15) is 44.7 Å². The van der Waals surface area contributed by atoms with Crippen LogP contribution in [0.15, 0.2) is 36.4 Å². The van der Waals surface area contributed by atoms with Crippen molar-refractivity contribution in [1.82, 2.24) is 19.6 Å². The lowest BCUT2D eigenvalue weighted by atomic mass is 10.1. The van der Waals surface area contributed by atoms with Crippen molar-refractivity contribution in [2.45, 2.75) is 37.8 Å². The third kappa shape index (κ3) is 13.2. The average molecular weight is 906 g/mol. The number of nitrogen functional groups attached to an aromatic ring is 2. The number of nitrogens with one attached hydrogen (secondary N) is 3. The molecule has 0 bridgehead atoms. The fourth-order valence-corrected chi connectivity index (χ4v) is 8.11. The van der Waals surface area contributed by atoms with E-state index in [0.29, 0.717) is 36.2 Å². The van der Waals surface area contributed by atoms with Crippen LogP contribution in [0.1, 0.15) is 56.2 Å². The van der Waals surface area contributed by atoms with E-state index in [1.807, 2.05) is 0 Å². The summed E-state index contributed by atoms with van der Waals surface area (Å²) in [6, 6.07) is 6.68. The lowest BCUT2D eigenvalue weighted by molar-refractivity contribution is 0.102. The van der Waals surface area contributed by atoms with Crippen molar-refractivity contribution in [1.29, 1.82) is 0 Å². The molecule has 0 unspecified atom stereocenters. The predicted molar refractivity (Wildman–Crippen MR) is 213 cm³/mol. The van der Waals surface area contributed by atoms with Gasteiger partial charge in [0.2, 0.25) is 30.6 Å². The number of benzene rings is 2. The highest BCUT2D eigenvalue weighted by molar-refractivity contribution is 8.13. The number of carbonyl (C=O) groups is 2. The lowest BCUT2D eigenvalue weighted by Crippen LogP contribution is -2.41. The monoisotopic (exact) mass is 904 g/mol. The maximum absolute atomic E-state index is 13.8. The normalized spacial score (nSPS) is 15.3. The van der Waals surface area contributed by atoms with Crippen molar-refractivity contribution < 1.29 is 44.0 Å². The fraction of sp³-hybridized carbons (Fsp3) is 0.375. The number of thiazole rings is 2. The molecule has 2 aliphatic heterocycles. The molecule has 14 nitrogen and oxygen atoms in total. The Balaban J connectivity index is 0.000000266. The van der Waals surface area contributed by atoms with Crippen molar-refractivity contribution >= 4 is 98.3 Å². The Morgan fingerprint density at radius 2 is 1.09 bits per heavy atom. The van der Waals surface area contributed by atoms with Crippen molar-refractivity contribution in [2.75, 3.05) is 60.8 Å². The summed E-state index contributed by atoms with van der Waals surface area (Å²) in [5.74, 6) is -5.51. The summed E-state index contributed by atoms with van der Waals surface area (Å²) < 4.78 is 98.5. The molecule has 0 saturated carbocycles. The molecule has 2 aromatic heterocycles. The van der Waals surface area contributed by atoms with Crippen molar-refractivity contribution in [3.63, 3.8) is 0 Å². The highest BCUT2D eigenvalue weighted by Gasteiger charge is 2.28. The van der Waals surface area contributed by atoms with Crippen LogP contribution in [0, 0.1) is 23.3 Å². The Labute approximate surface area is 339 Å². The Morgan fingerprint density at radius 1 is 0.750 bits per heavy atom. The molecule has 4 heterocycles. The third-order valence-corrected chi connectivity index (χ3v) is 11.3. The van der Waals surface area contributed by atoms with Crippen LogP contribution >= 0.6 is 45.8 Å². The van der Waals surface area contributed by atoms with Gasteiger partial charge in [-0.15, -0.1) is 12.4 Å². The zero-order valence-electron chi connectivity index (χ0n) is 29.7. The van der Waals surface area contributed by atoms with E-state index in [2.05, 4.69) is 36.6 Å². The van der Waals surface area contributed by atoms with E-state index in [-0.39, 0.29) is 45.9 Å². The van der Waals surface area contributed by atoms with Crippen molar-refractivity contribution in [3.8, 4) is 0 Å². The van der Waals surface area contributed by atoms with Gasteiger partial charge < -0.3 is 27.4 Å². The molecule has 0 spiro atoms. The summed E-state index contributed by atoms with van der Waals surface area (Å²) in [5.41, 5.74) is 10.3. The van der Waals surface area contributed by atoms with Gasteiger partial charge in [-0.3, -0.25) is 9.59 Å². The number of piperidine rings is 2. The van der Waals surface area contributed by atoms with Gasteiger partial charge >= 0.3 is 0 Å². The number of aromatic nitrogens is 2. The number of hydrogen-bond acceptors (Lipinski definition) is 15. The quantitative estimate of drug-likeness (QED) is 0.0843. The summed E-state index contributed by atoms with van der Waals surface area (Å²) in [6.45, 7) is 2.57. The Hall–Kier alpha value is -3.64. The number of anilines is 4. The highest BCUT2D eigenvalue weighted by atomic mass is 35.7. The number of rotatable bonds is 9. The third-order valence-electron chi connectivity index (χ3n) is 8.02. The zero-order chi connectivity index (χ0) is 40.7. The van der Waals surface area contributed by atoms with Gasteiger partial charge in [-0.25, -0.2) is 48.7 Å². The van der Waals surface area contributed by atoms with Crippen LogP contribution in [0.3, 0.4) is 0 Å². The molecule has 6 rings (SSSR count). The number of sulfonamides is 1. The Bertz CT molecular complexity index is 2190. The molecular weight excluding hydrogens is 868 g/mol. The number of nitrogens with two attached hydrogens (primary N) is 2. The summed E-state index contributed by atoms with van der Waals surface area (Å²) in [6.07, 6.45) is 5.10. The Kier molecular flexibility index (Phi) is 16.8. The van der Waals surface area contributed by atoms with Crippen molar-refractivity contribution in [2.24, 2.45) is 0 Å². The first-order valence-electron chi connectivity index (χ1n) is 16.3. The molecule has 308 valence electrons. The van der Waals surface area contributed by atoms with Crippen LogP contribution < -0.4 is 27.4 Å². The summed E-state index contributed by atoms with van der Waals surface area (Å²) >= 11 is 1.94. The van der Waals surface area contributed by atoms with Crippen LogP contribution in [-0.2, 0) is 19.1 Å². The second kappa shape index (κ2) is 20.2. The Morgan fingerprint density at radius 3 is 1.43 bits per heavy atom. The number of hydrogen-bond donors (Lipinski definition) is 5. The fourth-order valence-electron chi connectivity index (χ4n) is 5.42. The van der Waals surface area contributed by atoms with Gasteiger partial charge in [-0.2, -0.15) is 0 Å². The van der Waals surface area contributed by atoms with Crippen molar-refractivity contribution in [3.05, 3.63) is 80.5 Å². The number of nitrogens with zero attached hydrogens (tertiary/aromatic N) is 3. The maximum Gasteiger partial charge on any atom is 0.229 e. The molecule has 2 aromatic carbocycles. The van der Waals surface area contributed by atoms with Crippen LogP contribution in [0.25, 0.3) is 0 Å². The molecule has 2 aliphatic rings. The molecule has 2 saturated heterocycles. The van der Waals surface area contributed by atoms with Gasteiger partial charge in [-0.1, -0.05) is 34.8 Å². The lowest BCUT2D eigenvalue weighted by Gasteiger charge is -2.30. The van der Waals surface area contributed by atoms with Gasteiger partial charge in [0.25, 0.3) is 0 Å². The second-order valence-electron chi connectivity index (χ2n) is 12.2. The van der Waals surface area contributed by atoms with E-state index in [1.165, 1.54) is 22.7 Å².